The monoisotopic (exact) mass is 309 g/mol. The zero-order chi connectivity index (χ0) is 15.3. The van der Waals surface area contributed by atoms with Crippen LogP contribution in [0.5, 0.6) is 0 Å². The van der Waals surface area contributed by atoms with Gasteiger partial charge in [0.05, 0.1) is 6.26 Å². The summed E-state index contributed by atoms with van der Waals surface area (Å²) in [7, 11) is -1.80. The van der Waals surface area contributed by atoms with Crippen molar-refractivity contribution in [1.29, 1.82) is 0 Å². The Morgan fingerprint density at radius 1 is 1.33 bits per heavy atom. The van der Waals surface area contributed by atoms with Gasteiger partial charge in [-0.2, -0.15) is 0 Å². The lowest BCUT2D eigenvalue weighted by Gasteiger charge is -2.12. The highest BCUT2D eigenvalue weighted by molar-refractivity contribution is 7.89. The Morgan fingerprint density at radius 3 is 2.71 bits per heavy atom. The van der Waals surface area contributed by atoms with Crippen molar-refractivity contribution in [2.45, 2.75) is 31.0 Å². The molecule has 2 aromatic heterocycles. The van der Waals surface area contributed by atoms with Crippen LogP contribution in [0.25, 0.3) is 0 Å². The van der Waals surface area contributed by atoms with Gasteiger partial charge in [-0.3, -0.25) is 0 Å². The number of hydrogen-bond donors (Lipinski definition) is 2. The molecule has 0 saturated heterocycles. The summed E-state index contributed by atoms with van der Waals surface area (Å²) in [5.41, 5.74) is 0.931. The van der Waals surface area contributed by atoms with Crippen molar-refractivity contribution in [2.24, 2.45) is 0 Å². The normalized spacial score (nSPS) is 13.2. The highest BCUT2D eigenvalue weighted by Crippen LogP contribution is 2.10. The third-order valence-electron chi connectivity index (χ3n) is 2.90. The van der Waals surface area contributed by atoms with E-state index in [1.165, 1.54) is 6.07 Å². The molecule has 0 bridgehead atoms. The summed E-state index contributed by atoms with van der Waals surface area (Å²) in [4.78, 5) is 4.01. The predicted molar refractivity (Wildman–Crippen MR) is 79.2 cm³/mol. The topological polar surface area (TPSA) is 84.2 Å². The maximum Gasteiger partial charge on any atom is 0.258 e. The SMILES string of the molecule is CNCc1ccc(S(=O)(=O)NC(C)Cc2ccco2)nc1. The van der Waals surface area contributed by atoms with Crippen LogP contribution in [0.1, 0.15) is 18.2 Å². The molecule has 0 saturated carbocycles. The van der Waals surface area contributed by atoms with E-state index in [0.29, 0.717) is 13.0 Å². The first-order valence-corrected chi connectivity index (χ1v) is 8.14. The summed E-state index contributed by atoms with van der Waals surface area (Å²) >= 11 is 0. The number of nitrogens with one attached hydrogen (secondary N) is 2. The minimum atomic E-state index is -3.62. The van der Waals surface area contributed by atoms with Crippen molar-refractivity contribution < 1.29 is 12.8 Å². The van der Waals surface area contributed by atoms with Gasteiger partial charge in [-0.05, 0) is 37.7 Å². The van der Waals surface area contributed by atoms with E-state index in [4.69, 9.17) is 4.42 Å². The van der Waals surface area contributed by atoms with Crippen LogP contribution < -0.4 is 10.0 Å². The molecule has 0 amide bonds. The average Bonchev–Trinajstić information content (AvgIpc) is 2.92. The maximum absolute atomic E-state index is 12.2. The van der Waals surface area contributed by atoms with E-state index in [0.717, 1.165) is 11.3 Å². The van der Waals surface area contributed by atoms with Crippen molar-refractivity contribution in [3.8, 4) is 0 Å². The smallest absolute Gasteiger partial charge is 0.258 e. The number of furan rings is 1. The fourth-order valence-electron chi connectivity index (χ4n) is 1.98. The van der Waals surface area contributed by atoms with Crippen molar-refractivity contribution >= 4 is 10.0 Å². The van der Waals surface area contributed by atoms with Crippen molar-refractivity contribution in [2.75, 3.05) is 7.05 Å². The van der Waals surface area contributed by atoms with Crippen molar-refractivity contribution in [1.82, 2.24) is 15.0 Å². The molecule has 7 heteroatoms. The van der Waals surface area contributed by atoms with Gasteiger partial charge in [0.1, 0.15) is 5.76 Å². The Hall–Kier alpha value is -1.70. The number of aromatic nitrogens is 1. The minimum Gasteiger partial charge on any atom is -0.469 e. The van der Waals surface area contributed by atoms with Gasteiger partial charge in [0, 0.05) is 25.2 Å². The first-order chi connectivity index (χ1) is 10.0. The molecule has 21 heavy (non-hydrogen) atoms. The molecule has 2 aromatic rings. The first-order valence-electron chi connectivity index (χ1n) is 6.65. The molecule has 0 aromatic carbocycles. The van der Waals surface area contributed by atoms with E-state index < -0.39 is 10.0 Å². The minimum absolute atomic E-state index is 0.0219. The molecule has 2 heterocycles. The molecule has 0 aliphatic carbocycles. The molecule has 0 spiro atoms. The number of hydrogen-bond acceptors (Lipinski definition) is 5. The number of nitrogens with zero attached hydrogens (tertiary/aromatic N) is 1. The van der Waals surface area contributed by atoms with Crippen molar-refractivity contribution in [3.05, 3.63) is 48.0 Å². The van der Waals surface area contributed by atoms with Gasteiger partial charge < -0.3 is 9.73 Å². The maximum atomic E-state index is 12.2. The van der Waals surface area contributed by atoms with Crippen LogP contribution >= 0.6 is 0 Å². The van der Waals surface area contributed by atoms with E-state index >= 15 is 0 Å². The quantitative estimate of drug-likeness (QED) is 0.805. The summed E-state index contributed by atoms with van der Waals surface area (Å²) in [5.74, 6) is 0.738. The third-order valence-corrected chi connectivity index (χ3v) is 4.40. The Kier molecular flexibility index (Phi) is 5.11. The summed E-state index contributed by atoms with van der Waals surface area (Å²) in [5, 5.41) is 3.01. The van der Waals surface area contributed by atoms with E-state index in [1.54, 1.807) is 31.5 Å². The summed E-state index contributed by atoms with van der Waals surface area (Å²) in [6.07, 6.45) is 3.62. The first kappa shape index (κ1) is 15.7. The standard InChI is InChI=1S/C14H19N3O3S/c1-11(8-13-4-3-7-20-13)17-21(18,19)14-6-5-12(9-15-2)10-16-14/h3-7,10-11,15,17H,8-9H2,1-2H3. The van der Waals surface area contributed by atoms with E-state index in [2.05, 4.69) is 15.0 Å². The average molecular weight is 309 g/mol. The molecule has 0 radical (unpaired) electrons. The van der Waals surface area contributed by atoms with Crippen LogP contribution in [0.15, 0.2) is 46.2 Å². The van der Waals surface area contributed by atoms with Crippen molar-refractivity contribution in [3.63, 3.8) is 0 Å². The second-order valence-electron chi connectivity index (χ2n) is 4.84. The van der Waals surface area contributed by atoms with Gasteiger partial charge in [0.15, 0.2) is 5.03 Å². The van der Waals surface area contributed by atoms with Crippen LogP contribution in [0, 0.1) is 0 Å². The lowest BCUT2D eigenvalue weighted by molar-refractivity contribution is 0.478. The number of rotatable bonds is 7. The van der Waals surface area contributed by atoms with Crippen LogP contribution in [0.2, 0.25) is 0 Å². The molecular weight excluding hydrogens is 290 g/mol. The van der Waals surface area contributed by atoms with Gasteiger partial charge >= 0.3 is 0 Å². The largest absolute Gasteiger partial charge is 0.469 e. The van der Waals surface area contributed by atoms with Gasteiger partial charge in [-0.25, -0.2) is 18.1 Å². The summed E-state index contributed by atoms with van der Waals surface area (Å²) in [6, 6.07) is 6.57. The molecule has 0 fully saturated rings. The predicted octanol–water partition coefficient (Wildman–Crippen LogP) is 1.30. The number of pyridine rings is 1. The van der Waals surface area contributed by atoms with Crippen LogP contribution in [0.4, 0.5) is 0 Å². The van der Waals surface area contributed by atoms with E-state index in [9.17, 15) is 8.42 Å². The summed E-state index contributed by atoms with van der Waals surface area (Å²) < 4.78 is 32.2. The van der Waals surface area contributed by atoms with Crippen LogP contribution in [-0.4, -0.2) is 26.5 Å². The molecule has 0 aliphatic heterocycles. The lowest BCUT2D eigenvalue weighted by atomic mass is 10.2. The molecule has 6 nitrogen and oxygen atoms in total. The molecule has 114 valence electrons. The molecule has 1 unspecified atom stereocenters. The zero-order valence-corrected chi connectivity index (χ0v) is 12.9. The molecular formula is C14H19N3O3S. The highest BCUT2D eigenvalue weighted by Gasteiger charge is 2.19. The fraction of sp³-hybridized carbons (Fsp3) is 0.357. The Bertz CT molecular complexity index is 651. The van der Waals surface area contributed by atoms with E-state index in [-0.39, 0.29) is 11.1 Å². The van der Waals surface area contributed by atoms with E-state index in [1.807, 2.05) is 13.1 Å². The number of sulfonamides is 1. The fourth-order valence-corrected chi connectivity index (χ4v) is 3.15. The lowest BCUT2D eigenvalue weighted by Crippen LogP contribution is -2.34. The third kappa shape index (κ3) is 4.38. The molecule has 2 N–H and O–H groups in total. The van der Waals surface area contributed by atoms with Gasteiger partial charge in [-0.1, -0.05) is 6.07 Å². The second-order valence-corrected chi connectivity index (χ2v) is 6.50. The zero-order valence-electron chi connectivity index (χ0n) is 12.0. The van der Waals surface area contributed by atoms with Gasteiger partial charge in [-0.15, -0.1) is 0 Å². The van der Waals surface area contributed by atoms with Crippen LogP contribution in [-0.2, 0) is 23.0 Å². The Labute approximate surface area is 124 Å². The van der Waals surface area contributed by atoms with Gasteiger partial charge in [0.25, 0.3) is 10.0 Å². The highest BCUT2D eigenvalue weighted by atomic mass is 32.2. The molecule has 1 atom stereocenters. The molecule has 0 aliphatic rings. The van der Waals surface area contributed by atoms with Crippen LogP contribution in [0.3, 0.4) is 0 Å². The summed E-state index contributed by atoms with van der Waals surface area (Å²) in [6.45, 7) is 2.44. The Morgan fingerprint density at radius 2 is 2.14 bits per heavy atom. The molecule has 2 rings (SSSR count). The van der Waals surface area contributed by atoms with Gasteiger partial charge in [0.2, 0.25) is 0 Å². The second kappa shape index (κ2) is 6.84. The Balaban J connectivity index is 2.03.